The van der Waals surface area contributed by atoms with Crippen LogP contribution in [0.4, 0.5) is 10.7 Å². The highest BCUT2D eigenvalue weighted by Gasteiger charge is 2.24. The molecule has 1 aromatic heterocycles. The number of thiophene rings is 1. The van der Waals surface area contributed by atoms with Gasteiger partial charge in [-0.05, 0) is 0 Å². The number of nitrogen functional groups attached to an aromatic ring is 1. The van der Waals surface area contributed by atoms with Crippen LogP contribution in [-0.2, 0) is 0 Å². The van der Waals surface area contributed by atoms with Gasteiger partial charge in [0.2, 0.25) is 0 Å². The molecule has 1 saturated heterocycles. The molecule has 0 spiro atoms. The normalized spacial score (nSPS) is 15.4. The van der Waals surface area contributed by atoms with E-state index in [9.17, 15) is 10.1 Å². The van der Waals surface area contributed by atoms with Gasteiger partial charge in [0.25, 0.3) is 0 Å². The summed E-state index contributed by atoms with van der Waals surface area (Å²) in [6, 6.07) is 2.15. The van der Waals surface area contributed by atoms with E-state index in [-0.39, 0.29) is 5.78 Å². The second-order valence-corrected chi connectivity index (χ2v) is 6.24. The van der Waals surface area contributed by atoms with Crippen LogP contribution in [0.5, 0.6) is 0 Å². The number of rotatable bonds is 3. The molecule has 1 aromatic rings. The minimum Gasteiger partial charge on any atom is -0.396 e. The van der Waals surface area contributed by atoms with Gasteiger partial charge in [0.05, 0.1) is 10.6 Å². The molecule has 1 aliphatic heterocycles. The number of carbonyl (C=O) groups excluding carboxylic acids is 1. The third-order valence-corrected chi connectivity index (χ3v) is 5.16. The maximum absolute atomic E-state index is 11.8. The van der Waals surface area contributed by atoms with E-state index in [2.05, 4.69) is 11.0 Å². The number of nitrogens with zero attached hydrogens (tertiary/aromatic N) is 2. The van der Waals surface area contributed by atoms with Gasteiger partial charge in [0.15, 0.2) is 5.78 Å². The standard InChI is InChI=1S/C12H15N3OS2/c1-2-9(16)11-10(14)8(7-13)12(18-11)15-3-5-17-6-4-15/h2-6,14H2,1H3. The fourth-order valence-electron chi connectivity index (χ4n) is 1.90. The van der Waals surface area contributed by atoms with E-state index in [0.29, 0.717) is 22.5 Å². The van der Waals surface area contributed by atoms with Crippen molar-refractivity contribution < 1.29 is 4.79 Å². The van der Waals surface area contributed by atoms with Crippen LogP contribution in [0, 0.1) is 11.3 Å². The Labute approximate surface area is 115 Å². The highest BCUT2D eigenvalue weighted by Crippen LogP contribution is 2.39. The van der Waals surface area contributed by atoms with Gasteiger partial charge in [-0.15, -0.1) is 11.3 Å². The van der Waals surface area contributed by atoms with Crippen molar-refractivity contribution in [3.05, 3.63) is 10.4 Å². The molecule has 4 nitrogen and oxygen atoms in total. The fraction of sp³-hybridized carbons (Fsp3) is 0.500. The van der Waals surface area contributed by atoms with Gasteiger partial charge < -0.3 is 10.6 Å². The maximum Gasteiger partial charge on any atom is 0.174 e. The Balaban J connectivity index is 2.40. The summed E-state index contributed by atoms with van der Waals surface area (Å²) in [5.74, 6) is 2.13. The van der Waals surface area contributed by atoms with Crippen molar-refractivity contribution in [2.75, 3.05) is 35.2 Å². The smallest absolute Gasteiger partial charge is 0.174 e. The predicted octanol–water partition coefficient (Wildman–Crippen LogP) is 2.35. The van der Waals surface area contributed by atoms with Crippen molar-refractivity contribution in [3.63, 3.8) is 0 Å². The fourth-order valence-corrected chi connectivity index (χ4v) is 4.03. The number of thioether (sulfide) groups is 1. The Kier molecular flexibility index (Phi) is 4.15. The van der Waals surface area contributed by atoms with Crippen molar-refractivity contribution >= 4 is 39.6 Å². The lowest BCUT2D eigenvalue weighted by atomic mass is 10.2. The molecule has 1 aliphatic rings. The molecule has 6 heteroatoms. The van der Waals surface area contributed by atoms with E-state index in [0.717, 1.165) is 29.6 Å². The molecule has 0 radical (unpaired) electrons. The molecule has 0 unspecified atom stereocenters. The van der Waals surface area contributed by atoms with Crippen molar-refractivity contribution in [3.8, 4) is 6.07 Å². The number of nitrogens with two attached hydrogens (primary N) is 1. The molecule has 2 rings (SSSR count). The first-order valence-electron chi connectivity index (χ1n) is 5.87. The zero-order chi connectivity index (χ0) is 13.1. The first-order chi connectivity index (χ1) is 8.69. The highest BCUT2D eigenvalue weighted by atomic mass is 32.2. The second-order valence-electron chi connectivity index (χ2n) is 4.01. The SMILES string of the molecule is CCC(=O)c1sc(N2CCSCC2)c(C#N)c1N. The van der Waals surface area contributed by atoms with E-state index in [1.165, 1.54) is 11.3 Å². The quantitative estimate of drug-likeness (QED) is 0.861. The summed E-state index contributed by atoms with van der Waals surface area (Å²) in [5.41, 5.74) is 6.77. The summed E-state index contributed by atoms with van der Waals surface area (Å²) in [6.45, 7) is 3.64. The number of hydrogen-bond donors (Lipinski definition) is 1. The zero-order valence-corrected chi connectivity index (χ0v) is 11.9. The number of nitriles is 1. The van der Waals surface area contributed by atoms with Crippen LogP contribution in [0.3, 0.4) is 0 Å². The average Bonchev–Trinajstić information content (AvgIpc) is 2.76. The molecular formula is C12H15N3OS2. The van der Waals surface area contributed by atoms with Crippen molar-refractivity contribution in [2.24, 2.45) is 0 Å². The first-order valence-corrected chi connectivity index (χ1v) is 7.84. The Morgan fingerprint density at radius 1 is 1.50 bits per heavy atom. The van der Waals surface area contributed by atoms with Crippen molar-refractivity contribution in [2.45, 2.75) is 13.3 Å². The van der Waals surface area contributed by atoms with Crippen LogP contribution in [0.1, 0.15) is 28.6 Å². The van der Waals surface area contributed by atoms with Crippen LogP contribution in [0.25, 0.3) is 0 Å². The van der Waals surface area contributed by atoms with Gasteiger partial charge >= 0.3 is 0 Å². The van der Waals surface area contributed by atoms with Crippen LogP contribution >= 0.6 is 23.1 Å². The molecule has 0 amide bonds. The van der Waals surface area contributed by atoms with E-state index >= 15 is 0 Å². The largest absolute Gasteiger partial charge is 0.396 e. The Hall–Kier alpha value is -1.19. The van der Waals surface area contributed by atoms with Gasteiger partial charge in [-0.3, -0.25) is 4.79 Å². The van der Waals surface area contributed by atoms with Gasteiger partial charge in [-0.1, -0.05) is 6.92 Å². The molecule has 0 saturated carbocycles. The molecule has 96 valence electrons. The molecule has 0 aliphatic carbocycles. The van der Waals surface area contributed by atoms with Gasteiger partial charge in [0.1, 0.15) is 16.6 Å². The van der Waals surface area contributed by atoms with E-state index in [1.807, 2.05) is 18.7 Å². The summed E-state index contributed by atoms with van der Waals surface area (Å²) in [7, 11) is 0. The first kappa shape index (κ1) is 13.2. The molecule has 2 heterocycles. The second kappa shape index (κ2) is 5.63. The van der Waals surface area contributed by atoms with Crippen LogP contribution in [0.15, 0.2) is 0 Å². The van der Waals surface area contributed by atoms with Gasteiger partial charge in [-0.25, -0.2) is 0 Å². The van der Waals surface area contributed by atoms with Gasteiger partial charge in [-0.2, -0.15) is 17.0 Å². The average molecular weight is 281 g/mol. The topological polar surface area (TPSA) is 70.1 Å². The summed E-state index contributed by atoms with van der Waals surface area (Å²) >= 11 is 3.28. The third kappa shape index (κ3) is 2.33. The lowest BCUT2D eigenvalue weighted by molar-refractivity contribution is 0.0993. The van der Waals surface area contributed by atoms with E-state index in [4.69, 9.17) is 5.73 Å². The summed E-state index contributed by atoms with van der Waals surface area (Å²) in [5, 5.41) is 10.1. The predicted molar refractivity (Wildman–Crippen MR) is 77.6 cm³/mol. The summed E-state index contributed by atoms with van der Waals surface area (Å²) in [6.07, 6.45) is 0.422. The monoisotopic (exact) mass is 281 g/mol. The molecule has 0 atom stereocenters. The van der Waals surface area contributed by atoms with Gasteiger partial charge in [0, 0.05) is 31.0 Å². The third-order valence-electron chi connectivity index (χ3n) is 2.91. The zero-order valence-electron chi connectivity index (χ0n) is 10.2. The molecular weight excluding hydrogens is 266 g/mol. The van der Waals surface area contributed by atoms with Crippen LogP contribution < -0.4 is 10.6 Å². The number of ketones is 1. The van der Waals surface area contributed by atoms with Crippen LogP contribution in [0.2, 0.25) is 0 Å². The molecule has 0 aromatic carbocycles. The Morgan fingerprint density at radius 2 is 2.17 bits per heavy atom. The number of carbonyl (C=O) groups is 1. The number of anilines is 2. The number of Topliss-reactive ketones (excluding diaryl/α,β-unsaturated/α-hetero) is 1. The van der Waals surface area contributed by atoms with Crippen molar-refractivity contribution in [1.82, 2.24) is 0 Å². The molecule has 2 N–H and O–H groups in total. The van der Waals surface area contributed by atoms with Crippen molar-refractivity contribution in [1.29, 1.82) is 5.26 Å². The molecule has 18 heavy (non-hydrogen) atoms. The summed E-state index contributed by atoms with van der Waals surface area (Å²) < 4.78 is 0. The summed E-state index contributed by atoms with van der Waals surface area (Å²) in [4.78, 5) is 14.5. The maximum atomic E-state index is 11.8. The molecule has 1 fully saturated rings. The Bertz CT molecular complexity index is 498. The molecule has 0 bridgehead atoms. The minimum atomic E-state index is 0.0200. The Morgan fingerprint density at radius 3 is 2.72 bits per heavy atom. The van der Waals surface area contributed by atoms with E-state index < -0.39 is 0 Å². The highest BCUT2D eigenvalue weighted by molar-refractivity contribution is 7.99. The van der Waals surface area contributed by atoms with E-state index in [1.54, 1.807) is 0 Å². The number of hydrogen-bond acceptors (Lipinski definition) is 6. The van der Waals surface area contributed by atoms with Crippen LogP contribution in [-0.4, -0.2) is 30.4 Å². The minimum absolute atomic E-state index is 0.0200. The lowest BCUT2D eigenvalue weighted by Crippen LogP contribution is -2.32. The lowest BCUT2D eigenvalue weighted by Gasteiger charge is -2.27.